The van der Waals surface area contributed by atoms with Crippen molar-refractivity contribution in [3.8, 4) is 23.0 Å². The van der Waals surface area contributed by atoms with Gasteiger partial charge in [0.1, 0.15) is 0 Å². The summed E-state index contributed by atoms with van der Waals surface area (Å²) >= 11 is 0. The number of hydrogen-bond donors (Lipinski definition) is 0. The van der Waals surface area contributed by atoms with Gasteiger partial charge in [-0.2, -0.15) is 0 Å². The average molecular weight is 511 g/mol. The van der Waals surface area contributed by atoms with E-state index in [1.54, 1.807) is 50.6 Å². The first kappa shape index (κ1) is 26.6. The largest absolute Gasteiger partial charge is 0.493 e. The maximum atomic E-state index is 13.6. The molecule has 0 radical (unpaired) electrons. The summed E-state index contributed by atoms with van der Waals surface area (Å²) in [6.07, 6.45) is 0.951. The molecule has 8 heteroatoms. The normalized spacial score (nSPS) is 22.9. The van der Waals surface area contributed by atoms with Crippen molar-refractivity contribution in [3.63, 3.8) is 0 Å². The van der Waals surface area contributed by atoms with E-state index in [4.69, 9.17) is 18.9 Å². The van der Waals surface area contributed by atoms with Crippen molar-refractivity contribution < 1.29 is 28.5 Å². The van der Waals surface area contributed by atoms with Crippen molar-refractivity contribution in [1.82, 2.24) is 9.80 Å². The molecule has 2 heterocycles. The van der Waals surface area contributed by atoms with Crippen LogP contribution in [-0.4, -0.2) is 75.2 Å². The number of ether oxygens (including phenoxy) is 4. The number of hydrogen-bond acceptors (Lipinski definition) is 6. The highest BCUT2D eigenvalue weighted by Gasteiger charge is 2.50. The van der Waals surface area contributed by atoms with Crippen LogP contribution in [0.25, 0.3) is 0 Å². The molecule has 0 aromatic heterocycles. The predicted octanol–water partition coefficient (Wildman–Crippen LogP) is 4.52. The number of benzene rings is 2. The maximum absolute atomic E-state index is 13.6. The van der Waals surface area contributed by atoms with Crippen LogP contribution in [0.4, 0.5) is 0 Å². The molecule has 0 aliphatic carbocycles. The number of likely N-dealkylation sites (tertiary alicyclic amines) is 2. The third kappa shape index (κ3) is 5.48. The van der Waals surface area contributed by atoms with Gasteiger partial charge in [0.05, 0.1) is 27.4 Å². The van der Waals surface area contributed by atoms with Gasteiger partial charge >= 0.3 is 0 Å². The molecule has 0 atom stereocenters. The summed E-state index contributed by atoms with van der Waals surface area (Å²) in [6.45, 7) is 11.5. The highest BCUT2D eigenvalue weighted by atomic mass is 16.5. The Labute approximate surface area is 219 Å². The van der Waals surface area contributed by atoms with Crippen molar-refractivity contribution >= 4 is 11.8 Å². The predicted molar refractivity (Wildman–Crippen MR) is 141 cm³/mol. The zero-order valence-electron chi connectivity index (χ0n) is 22.8. The fourth-order valence-corrected chi connectivity index (χ4v) is 6.11. The summed E-state index contributed by atoms with van der Waals surface area (Å²) < 4.78 is 22.1. The first-order valence-electron chi connectivity index (χ1n) is 12.8. The average Bonchev–Trinajstić information content (AvgIpc) is 2.87. The van der Waals surface area contributed by atoms with Crippen LogP contribution in [0.1, 0.15) is 54.8 Å². The molecule has 2 fully saturated rings. The highest BCUT2D eigenvalue weighted by molar-refractivity contribution is 5.96. The van der Waals surface area contributed by atoms with Gasteiger partial charge in [-0.1, -0.05) is 13.8 Å². The Hall–Kier alpha value is -3.42. The van der Waals surface area contributed by atoms with Crippen molar-refractivity contribution in [2.24, 2.45) is 10.8 Å². The van der Waals surface area contributed by atoms with Gasteiger partial charge in [0.15, 0.2) is 23.0 Å². The number of fused-ring (bicyclic) bond motifs is 2. The Kier molecular flexibility index (Phi) is 7.57. The monoisotopic (exact) mass is 510 g/mol. The maximum Gasteiger partial charge on any atom is 0.254 e. The van der Waals surface area contributed by atoms with Crippen LogP contribution in [0.15, 0.2) is 36.4 Å². The Balaban J connectivity index is 1.53. The van der Waals surface area contributed by atoms with Gasteiger partial charge in [-0.05, 0) is 56.7 Å². The highest BCUT2D eigenvalue weighted by Crippen LogP contribution is 2.46. The number of amides is 2. The standard InChI is InChI=1S/C29H38N2O6/c1-7-36-22-11-9-20(13-24(22)34-5)26(32)30-16-28(3)15-29(4,17-30)19-31(18-28)27(33)21-10-12-23(37-8-2)25(14-21)35-6/h9-14H,7-8,15-19H2,1-6H3. The van der Waals surface area contributed by atoms with Gasteiger partial charge in [0.25, 0.3) is 11.8 Å². The van der Waals surface area contributed by atoms with Crippen molar-refractivity contribution in [2.45, 2.75) is 34.1 Å². The second-order valence-corrected chi connectivity index (χ2v) is 10.7. The first-order valence-corrected chi connectivity index (χ1v) is 12.8. The Morgan fingerprint density at radius 3 is 1.41 bits per heavy atom. The van der Waals surface area contributed by atoms with Gasteiger partial charge in [0.2, 0.25) is 0 Å². The number of carbonyl (C=O) groups is 2. The summed E-state index contributed by atoms with van der Waals surface area (Å²) in [4.78, 5) is 31.0. The van der Waals surface area contributed by atoms with Crippen molar-refractivity contribution in [1.29, 1.82) is 0 Å². The molecule has 2 amide bonds. The smallest absolute Gasteiger partial charge is 0.254 e. The fraction of sp³-hybridized carbons (Fsp3) is 0.517. The minimum absolute atomic E-state index is 0.0328. The molecule has 0 spiro atoms. The third-order valence-corrected chi connectivity index (χ3v) is 7.14. The molecule has 2 aliphatic heterocycles. The van der Waals surface area contributed by atoms with Gasteiger partial charge in [-0.25, -0.2) is 0 Å². The molecule has 2 saturated heterocycles. The third-order valence-electron chi connectivity index (χ3n) is 7.14. The SMILES string of the molecule is CCOc1ccc(C(=O)N2CC3(C)CN(C(=O)c4ccc(OCC)c(OC)c4)CC(C)(C2)C3)cc1OC. The quantitative estimate of drug-likeness (QED) is 0.520. The zero-order valence-corrected chi connectivity index (χ0v) is 22.8. The number of methoxy groups -OCH3 is 2. The number of nitrogens with zero attached hydrogens (tertiary/aromatic N) is 2. The van der Waals surface area contributed by atoms with E-state index in [1.165, 1.54) is 0 Å². The molecular weight excluding hydrogens is 472 g/mol. The van der Waals surface area contributed by atoms with Gasteiger partial charge in [-0.15, -0.1) is 0 Å². The summed E-state index contributed by atoms with van der Waals surface area (Å²) in [5.41, 5.74) is 0.700. The summed E-state index contributed by atoms with van der Waals surface area (Å²) in [7, 11) is 3.15. The molecule has 37 heavy (non-hydrogen) atoms. The molecule has 2 aliphatic rings. The van der Waals surface area contributed by atoms with Gasteiger partial charge in [0, 0.05) is 48.1 Å². The molecule has 8 nitrogen and oxygen atoms in total. The van der Waals surface area contributed by atoms with E-state index in [9.17, 15) is 9.59 Å². The molecule has 0 saturated carbocycles. The first-order chi connectivity index (χ1) is 17.6. The zero-order chi connectivity index (χ0) is 26.8. The molecular formula is C29H38N2O6. The molecule has 2 bridgehead atoms. The van der Waals surface area contributed by atoms with Crippen LogP contribution in [0, 0.1) is 10.8 Å². The summed E-state index contributed by atoms with van der Waals surface area (Å²) in [6, 6.07) is 10.7. The Morgan fingerprint density at radius 2 is 1.08 bits per heavy atom. The topological polar surface area (TPSA) is 77.5 Å². The minimum atomic E-state index is -0.221. The molecule has 0 N–H and O–H groups in total. The Morgan fingerprint density at radius 1 is 0.703 bits per heavy atom. The van der Waals surface area contributed by atoms with Crippen molar-refractivity contribution in [2.75, 3.05) is 53.6 Å². The van der Waals surface area contributed by atoms with Crippen LogP contribution < -0.4 is 18.9 Å². The van der Waals surface area contributed by atoms with E-state index < -0.39 is 0 Å². The van der Waals surface area contributed by atoms with Crippen LogP contribution >= 0.6 is 0 Å². The van der Waals surface area contributed by atoms with E-state index in [-0.39, 0.29) is 22.6 Å². The van der Waals surface area contributed by atoms with E-state index in [0.717, 1.165) is 6.42 Å². The number of rotatable bonds is 8. The fourth-order valence-electron chi connectivity index (χ4n) is 6.11. The lowest BCUT2D eigenvalue weighted by atomic mass is 9.65. The number of piperidine rings is 2. The van der Waals surface area contributed by atoms with E-state index >= 15 is 0 Å². The minimum Gasteiger partial charge on any atom is -0.493 e. The van der Waals surface area contributed by atoms with Gasteiger partial charge < -0.3 is 28.7 Å². The van der Waals surface area contributed by atoms with Crippen molar-refractivity contribution in [3.05, 3.63) is 47.5 Å². The molecule has 0 unspecified atom stereocenters. The van der Waals surface area contributed by atoms with Gasteiger partial charge in [-0.3, -0.25) is 9.59 Å². The van der Waals surface area contributed by atoms with E-state index in [2.05, 4.69) is 13.8 Å². The lowest BCUT2D eigenvalue weighted by Gasteiger charge is -2.56. The molecule has 2 aromatic rings. The summed E-state index contributed by atoms with van der Waals surface area (Å²) in [5, 5.41) is 0. The van der Waals surface area contributed by atoms with Crippen LogP contribution in [-0.2, 0) is 0 Å². The van der Waals surface area contributed by atoms with E-state index in [0.29, 0.717) is 73.5 Å². The molecule has 4 rings (SSSR count). The second kappa shape index (κ2) is 10.5. The second-order valence-electron chi connectivity index (χ2n) is 10.7. The Bertz CT molecular complexity index is 1060. The molecule has 2 aromatic carbocycles. The lowest BCUT2D eigenvalue weighted by molar-refractivity contribution is -0.0538. The van der Waals surface area contributed by atoms with Crippen LogP contribution in [0.3, 0.4) is 0 Å². The van der Waals surface area contributed by atoms with E-state index in [1.807, 2.05) is 23.6 Å². The van der Waals surface area contributed by atoms with Crippen LogP contribution in [0.5, 0.6) is 23.0 Å². The van der Waals surface area contributed by atoms with Crippen LogP contribution in [0.2, 0.25) is 0 Å². The lowest BCUT2D eigenvalue weighted by Crippen LogP contribution is -2.64. The molecule has 200 valence electrons. The number of carbonyl (C=O) groups excluding carboxylic acids is 2. The summed E-state index contributed by atoms with van der Waals surface area (Å²) in [5.74, 6) is 2.27.